The van der Waals surface area contributed by atoms with E-state index in [2.05, 4.69) is 0 Å². The first-order valence-corrected chi connectivity index (χ1v) is 6.34. The first-order chi connectivity index (χ1) is 8.87. The van der Waals surface area contributed by atoms with Crippen molar-refractivity contribution in [1.82, 2.24) is 4.90 Å². The highest BCUT2D eigenvalue weighted by atomic mass is 19.4. The number of alkyl halides is 3. The van der Waals surface area contributed by atoms with Crippen LogP contribution in [0.15, 0.2) is 30.3 Å². The molecule has 1 aromatic carbocycles. The van der Waals surface area contributed by atoms with Crippen LogP contribution in [0.25, 0.3) is 0 Å². The molecule has 0 heterocycles. The Kier molecular flexibility index (Phi) is 6.31. The van der Waals surface area contributed by atoms with Crippen molar-refractivity contribution < 1.29 is 18.3 Å². The van der Waals surface area contributed by atoms with Gasteiger partial charge in [-0.25, -0.2) is 0 Å². The van der Waals surface area contributed by atoms with Gasteiger partial charge in [0.1, 0.15) is 0 Å². The summed E-state index contributed by atoms with van der Waals surface area (Å²) in [5.41, 5.74) is 1.15. The van der Waals surface area contributed by atoms with E-state index in [-0.39, 0.29) is 6.42 Å². The van der Waals surface area contributed by atoms with Gasteiger partial charge < -0.3 is 10.0 Å². The van der Waals surface area contributed by atoms with Crippen molar-refractivity contribution in [2.45, 2.75) is 38.1 Å². The summed E-state index contributed by atoms with van der Waals surface area (Å²) < 4.78 is 35.9. The Bertz CT molecular complexity index is 353. The zero-order valence-corrected chi connectivity index (χ0v) is 11.0. The van der Waals surface area contributed by atoms with Crippen LogP contribution >= 0.6 is 0 Å². The number of rotatable bonds is 7. The fraction of sp³-hybridized carbons (Fsp3) is 0.571. The highest BCUT2D eigenvalue weighted by Gasteiger charge is 2.27. The SMILES string of the molecule is CN(CC[C@H](O)CCC(F)(F)F)Cc1ccccc1. The lowest BCUT2D eigenvalue weighted by Gasteiger charge is -2.19. The molecule has 19 heavy (non-hydrogen) atoms. The summed E-state index contributed by atoms with van der Waals surface area (Å²) in [6.45, 7) is 1.31. The van der Waals surface area contributed by atoms with Crippen LogP contribution in [-0.4, -0.2) is 35.9 Å². The quantitative estimate of drug-likeness (QED) is 0.826. The van der Waals surface area contributed by atoms with Gasteiger partial charge in [0.2, 0.25) is 0 Å². The molecule has 2 nitrogen and oxygen atoms in total. The van der Waals surface area contributed by atoms with Crippen LogP contribution in [0, 0.1) is 0 Å². The van der Waals surface area contributed by atoms with Gasteiger partial charge in [0.25, 0.3) is 0 Å². The fourth-order valence-corrected chi connectivity index (χ4v) is 1.82. The third-order valence-corrected chi connectivity index (χ3v) is 2.90. The average molecular weight is 275 g/mol. The minimum Gasteiger partial charge on any atom is -0.393 e. The summed E-state index contributed by atoms with van der Waals surface area (Å²) in [7, 11) is 1.89. The third-order valence-electron chi connectivity index (χ3n) is 2.90. The summed E-state index contributed by atoms with van der Waals surface area (Å²) in [6, 6.07) is 9.82. The molecule has 0 aliphatic heterocycles. The minimum absolute atomic E-state index is 0.220. The van der Waals surface area contributed by atoms with E-state index < -0.39 is 18.7 Å². The average Bonchev–Trinajstić information content (AvgIpc) is 2.34. The van der Waals surface area contributed by atoms with Crippen molar-refractivity contribution in [1.29, 1.82) is 0 Å². The van der Waals surface area contributed by atoms with Crippen LogP contribution in [0.2, 0.25) is 0 Å². The van der Waals surface area contributed by atoms with Gasteiger partial charge in [0.05, 0.1) is 6.10 Å². The van der Waals surface area contributed by atoms with Crippen LogP contribution in [0.1, 0.15) is 24.8 Å². The van der Waals surface area contributed by atoms with Crippen LogP contribution in [0.5, 0.6) is 0 Å². The second kappa shape index (κ2) is 7.50. The van der Waals surface area contributed by atoms with Gasteiger partial charge in [-0.15, -0.1) is 0 Å². The van der Waals surface area contributed by atoms with Crippen molar-refractivity contribution in [3.63, 3.8) is 0 Å². The highest BCUT2D eigenvalue weighted by molar-refractivity contribution is 5.14. The zero-order valence-electron chi connectivity index (χ0n) is 11.0. The van der Waals surface area contributed by atoms with Crippen molar-refractivity contribution in [2.24, 2.45) is 0 Å². The molecule has 0 unspecified atom stereocenters. The largest absolute Gasteiger partial charge is 0.393 e. The molecule has 1 atom stereocenters. The molecule has 0 saturated heterocycles. The summed E-state index contributed by atoms with van der Waals surface area (Å²) in [6.07, 6.45) is -5.85. The predicted octanol–water partition coefficient (Wildman–Crippen LogP) is 3.21. The van der Waals surface area contributed by atoms with Gasteiger partial charge in [0.15, 0.2) is 0 Å². The van der Waals surface area contributed by atoms with Crippen LogP contribution in [-0.2, 0) is 6.54 Å². The topological polar surface area (TPSA) is 23.5 Å². The van der Waals surface area contributed by atoms with Gasteiger partial charge in [0, 0.05) is 19.5 Å². The van der Waals surface area contributed by atoms with E-state index in [0.29, 0.717) is 13.0 Å². The Hall–Kier alpha value is -1.07. The molecule has 0 bridgehead atoms. The molecule has 5 heteroatoms. The Morgan fingerprint density at radius 2 is 1.79 bits per heavy atom. The summed E-state index contributed by atoms with van der Waals surface area (Å²) in [4.78, 5) is 1.99. The number of aliphatic hydroxyl groups excluding tert-OH is 1. The predicted molar refractivity (Wildman–Crippen MR) is 68.7 cm³/mol. The van der Waals surface area contributed by atoms with Crippen LogP contribution in [0.3, 0.4) is 0 Å². The monoisotopic (exact) mass is 275 g/mol. The lowest BCUT2D eigenvalue weighted by Crippen LogP contribution is -2.24. The highest BCUT2D eigenvalue weighted by Crippen LogP contribution is 2.22. The molecule has 0 saturated carbocycles. The molecule has 0 fully saturated rings. The number of aliphatic hydroxyl groups is 1. The first-order valence-electron chi connectivity index (χ1n) is 6.34. The molecule has 0 spiro atoms. The van der Waals surface area contributed by atoms with E-state index in [1.807, 2.05) is 42.3 Å². The van der Waals surface area contributed by atoms with Gasteiger partial charge in [-0.3, -0.25) is 0 Å². The van der Waals surface area contributed by atoms with E-state index in [0.717, 1.165) is 12.1 Å². The van der Waals surface area contributed by atoms with Crippen LogP contribution < -0.4 is 0 Å². The zero-order chi connectivity index (χ0) is 14.3. The maximum absolute atomic E-state index is 12.0. The Morgan fingerprint density at radius 1 is 1.16 bits per heavy atom. The second-order valence-electron chi connectivity index (χ2n) is 4.82. The fourth-order valence-electron chi connectivity index (χ4n) is 1.82. The molecule has 108 valence electrons. The number of hydrogen-bond donors (Lipinski definition) is 1. The number of nitrogens with zero attached hydrogens (tertiary/aromatic N) is 1. The van der Waals surface area contributed by atoms with Crippen molar-refractivity contribution in [3.8, 4) is 0 Å². The Balaban J connectivity index is 2.21. The van der Waals surface area contributed by atoms with Crippen molar-refractivity contribution in [2.75, 3.05) is 13.6 Å². The third kappa shape index (κ3) is 7.85. The standard InChI is InChI=1S/C14H20F3NO/c1-18(11-12-5-3-2-4-6-12)10-8-13(19)7-9-14(15,16)17/h2-6,13,19H,7-11H2,1H3/t13-/m1/s1. The van der Waals surface area contributed by atoms with Crippen molar-refractivity contribution in [3.05, 3.63) is 35.9 Å². The smallest absolute Gasteiger partial charge is 0.389 e. The van der Waals surface area contributed by atoms with E-state index >= 15 is 0 Å². The molecule has 0 aliphatic carbocycles. The number of halogens is 3. The maximum atomic E-state index is 12.0. The molecular formula is C14H20F3NO. The molecule has 1 rings (SSSR count). The van der Waals surface area contributed by atoms with Gasteiger partial charge in [-0.05, 0) is 25.5 Å². The van der Waals surface area contributed by atoms with Gasteiger partial charge >= 0.3 is 6.18 Å². The number of hydrogen-bond acceptors (Lipinski definition) is 2. The van der Waals surface area contributed by atoms with Crippen LogP contribution in [0.4, 0.5) is 13.2 Å². The summed E-state index contributed by atoms with van der Waals surface area (Å²) in [5, 5.41) is 9.50. The number of benzene rings is 1. The molecular weight excluding hydrogens is 255 g/mol. The molecule has 0 amide bonds. The van der Waals surface area contributed by atoms with Gasteiger partial charge in [-0.1, -0.05) is 30.3 Å². The van der Waals surface area contributed by atoms with Gasteiger partial charge in [-0.2, -0.15) is 13.2 Å². The van der Waals surface area contributed by atoms with E-state index in [9.17, 15) is 18.3 Å². The lowest BCUT2D eigenvalue weighted by atomic mass is 10.1. The minimum atomic E-state index is -4.18. The van der Waals surface area contributed by atoms with E-state index in [4.69, 9.17) is 0 Å². The lowest BCUT2D eigenvalue weighted by molar-refractivity contribution is -0.140. The molecule has 1 N–H and O–H groups in total. The molecule has 0 aromatic heterocycles. The summed E-state index contributed by atoms with van der Waals surface area (Å²) >= 11 is 0. The molecule has 0 radical (unpaired) electrons. The molecule has 0 aliphatic rings. The molecule has 1 aromatic rings. The van der Waals surface area contributed by atoms with Crippen molar-refractivity contribution >= 4 is 0 Å². The van der Waals surface area contributed by atoms with E-state index in [1.54, 1.807) is 0 Å². The Labute approximate surface area is 111 Å². The normalized spacial score (nSPS) is 13.8. The maximum Gasteiger partial charge on any atom is 0.389 e. The Morgan fingerprint density at radius 3 is 2.37 bits per heavy atom. The first kappa shape index (κ1) is 16.0. The second-order valence-corrected chi connectivity index (χ2v) is 4.82. The van der Waals surface area contributed by atoms with E-state index in [1.165, 1.54) is 0 Å². The summed E-state index contributed by atoms with van der Waals surface area (Å²) in [5.74, 6) is 0.